The smallest absolute Gasteiger partial charge is 0.338 e. The highest BCUT2D eigenvalue weighted by Gasteiger charge is 2.27. The van der Waals surface area contributed by atoms with Crippen LogP contribution in [-0.2, 0) is 4.74 Å². The number of fused-ring (bicyclic) bond motifs is 1. The van der Waals surface area contributed by atoms with Crippen molar-refractivity contribution in [2.24, 2.45) is 0 Å². The molecule has 0 bridgehead atoms. The number of carbonyl (C=O) groups excluding carboxylic acids is 1. The van der Waals surface area contributed by atoms with Crippen molar-refractivity contribution in [3.63, 3.8) is 0 Å². The summed E-state index contributed by atoms with van der Waals surface area (Å²) in [5.74, 6) is 1.57. The fourth-order valence-electron chi connectivity index (χ4n) is 2.47. The summed E-state index contributed by atoms with van der Waals surface area (Å²) in [7, 11) is 1.58. The number of esters is 1. The third kappa shape index (κ3) is 3.93. The first-order chi connectivity index (χ1) is 12.0. The minimum absolute atomic E-state index is 0.105. The lowest BCUT2D eigenvalue weighted by Crippen LogP contribution is -2.18. The zero-order chi connectivity index (χ0) is 18.0. The zero-order valence-electron chi connectivity index (χ0n) is 13.6. The Labute approximate surface area is 162 Å². The molecule has 2 aromatic rings. The molecular formula is C18H16Br2O5. The Morgan fingerprint density at radius 3 is 2.40 bits per heavy atom. The first-order valence-electron chi connectivity index (χ1n) is 7.57. The molecule has 0 spiro atoms. The summed E-state index contributed by atoms with van der Waals surface area (Å²) >= 11 is 7.05. The van der Waals surface area contributed by atoms with Gasteiger partial charge in [-0.3, -0.25) is 0 Å². The molecule has 0 fully saturated rings. The van der Waals surface area contributed by atoms with Crippen LogP contribution in [0.1, 0.15) is 28.9 Å². The van der Waals surface area contributed by atoms with Gasteiger partial charge in [-0.2, -0.15) is 0 Å². The second kappa shape index (κ2) is 7.66. The van der Waals surface area contributed by atoms with Crippen LogP contribution in [0.4, 0.5) is 0 Å². The fraction of sp³-hybridized carbons (Fsp3) is 0.278. The molecule has 0 saturated heterocycles. The summed E-state index contributed by atoms with van der Waals surface area (Å²) in [6.07, 6.45) is -0.501. The molecule has 0 aliphatic carbocycles. The number of hydrogen-bond acceptors (Lipinski definition) is 5. The summed E-state index contributed by atoms with van der Waals surface area (Å²) in [5.41, 5.74) is 1.26. The van der Waals surface area contributed by atoms with E-state index in [0.717, 1.165) is 10.0 Å². The largest absolute Gasteiger partial charge is 0.497 e. The van der Waals surface area contributed by atoms with Crippen LogP contribution >= 0.6 is 31.9 Å². The molecule has 2 aromatic carbocycles. The monoisotopic (exact) mass is 470 g/mol. The van der Waals surface area contributed by atoms with Gasteiger partial charge in [0.05, 0.1) is 17.5 Å². The molecule has 0 aromatic heterocycles. The zero-order valence-corrected chi connectivity index (χ0v) is 16.8. The quantitative estimate of drug-likeness (QED) is 0.460. The Morgan fingerprint density at radius 1 is 1.16 bits per heavy atom. The normalized spacial score (nSPS) is 14.7. The first kappa shape index (κ1) is 18.1. The van der Waals surface area contributed by atoms with E-state index in [-0.39, 0.29) is 11.6 Å². The Hall–Kier alpha value is -1.73. The maximum atomic E-state index is 12.5. The van der Waals surface area contributed by atoms with Gasteiger partial charge in [0.1, 0.15) is 11.9 Å². The van der Waals surface area contributed by atoms with Crippen molar-refractivity contribution in [3.05, 3.63) is 52.0 Å². The van der Waals surface area contributed by atoms with Crippen molar-refractivity contribution >= 4 is 37.8 Å². The summed E-state index contributed by atoms with van der Waals surface area (Å²) in [4.78, 5) is 12.4. The van der Waals surface area contributed by atoms with Crippen molar-refractivity contribution < 1.29 is 23.7 Å². The van der Waals surface area contributed by atoms with E-state index in [1.165, 1.54) is 0 Å². The number of rotatable bonds is 5. The van der Waals surface area contributed by atoms with Crippen LogP contribution in [0.5, 0.6) is 17.2 Å². The molecule has 0 unspecified atom stereocenters. The molecule has 1 aliphatic rings. The van der Waals surface area contributed by atoms with E-state index >= 15 is 0 Å². The van der Waals surface area contributed by atoms with Gasteiger partial charge in [0, 0.05) is 10.0 Å². The molecule has 1 aliphatic heterocycles. The Morgan fingerprint density at radius 2 is 1.80 bits per heavy atom. The third-order valence-corrected chi connectivity index (χ3v) is 4.94. The van der Waals surface area contributed by atoms with E-state index in [9.17, 15) is 4.79 Å². The van der Waals surface area contributed by atoms with Gasteiger partial charge in [-0.05, 0) is 43.3 Å². The molecule has 25 heavy (non-hydrogen) atoms. The number of halogens is 2. The maximum absolute atomic E-state index is 12.5. The third-order valence-electron chi connectivity index (χ3n) is 3.78. The fourth-order valence-corrected chi connectivity index (χ4v) is 3.41. The molecular weight excluding hydrogens is 456 g/mol. The van der Waals surface area contributed by atoms with Crippen molar-refractivity contribution in [1.29, 1.82) is 0 Å². The second-order valence-corrected chi connectivity index (χ2v) is 7.76. The average molecular weight is 472 g/mol. The highest BCUT2D eigenvalue weighted by molar-refractivity contribution is 9.10. The summed E-state index contributed by atoms with van der Waals surface area (Å²) < 4.78 is 22.4. The molecule has 2 atom stereocenters. The van der Waals surface area contributed by atoms with Gasteiger partial charge in [-0.1, -0.05) is 31.9 Å². The highest BCUT2D eigenvalue weighted by Crippen LogP contribution is 2.41. The maximum Gasteiger partial charge on any atom is 0.338 e. The predicted octanol–water partition coefficient (Wildman–Crippen LogP) is 4.87. The Kier molecular flexibility index (Phi) is 5.54. The lowest BCUT2D eigenvalue weighted by Gasteiger charge is -2.22. The first-order valence-corrected chi connectivity index (χ1v) is 9.28. The lowest BCUT2D eigenvalue weighted by atomic mass is 10.1. The average Bonchev–Trinajstić information content (AvgIpc) is 3.06. The predicted molar refractivity (Wildman–Crippen MR) is 99.8 cm³/mol. The van der Waals surface area contributed by atoms with Gasteiger partial charge in [-0.15, -0.1) is 0 Å². The van der Waals surface area contributed by atoms with E-state index in [1.807, 2.05) is 19.1 Å². The van der Waals surface area contributed by atoms with E-state index in [2.05, 4.69) is 31.9 Å². The van der Waals surface area contributed by atoms with Gasteiger partial charge in [0.2, 0.25) is 6.79 Å². The number of hydrogen-bond donors (Lipinski definition) is 0. The van der Waals surface area contributed by atoms with Crippen molar-refractivity contribution in [2.75, 3.05) is 13.9 Å². The van der Waals surface area contributed by atoms with Crippen LogP contribution in [0.3, 0.4) is 0 Å². The van der Waals surface area contributed by atoms with E-state index in [0.29, 0.717) is 22.8 Å². The number of ether oxygens (including phenoxy) is 4. The van der Waals surface area contributed by atoms with E-state index in [4.69, 9.17) is 18.9 Å². The van der Waals surface area contributed by atoms with Crippen LogP contribution in [0.15, 0.2) is 40.9 Å². The van der Waals surface area contributed by atoms with Gasteiger partial charge in [0.25, 0.3) is 0 Å². The van der Waals surface area contributed by atoms with Crippen LogP contribution in [0, 0.1) is 0 Å². The van der Waals surface area contributed by atoms with E-state index in [1.54, 1.807) is 31.4 Å². The van der Waals surface area contributed by atoms with Crippen LogP contribution in [-0.4, -0.2) is 24.7 Å². The SMILES string of the molecule is COc1ccc(C(=O)O[C@@H](c2cc3c(cc2Br)OCO3)[C@@H](C)Br)cc1. The molecule has 7 heteroatoms. The minimum Gasteiger partial charge on any atom is -0.497 e. The molecule has 5 nitrogen and oxygen atoms in total. The molecule has 0 amide bonds. The second-order valence-electron chi connectivity index (χ2n) is 5.46. The molecule has 1 heterocycles. The number of methoxy groups -OCH3 is 1. The van der Waals surface area contributed by atoms with Crippen LogP contribution in [0.25, 0.3) is 0 Å². The molecule has 132 valence electrons. The van der Waals surface area contributed by atoms with Crippen LogP contribution in [0.2, 0.25) is 0 Å². The summed E-state index contributed by atoms with van der Waals surface area (Å²) in [5, 5.41) is 0. The van der Waals surface area contributed by atoms with Crippen molar-refractivity contribution in [3.8, 4) is 17.2 Å². The number of carbonyl (C=O) groups is 1. The van der Waals surface area contributed by atoms with Gasteiger partial charge in [-0.25, -0.2) is 4.79 Å². The molecule has 0 N–H and O–H groups in total. The van der Waals surface area contributed by atoms with Gasteiger partial charge >= 0.3 is 5.97 Å². The van der Waals surface area contributed by atoms with Crippen molar-refractivity contribution in [1.82, 2.24) is 0 Å². The van der Waals surface area contributed by atoms with Gasteiger partial charge in [0.15, 0.2) is 11.5 Å². The minimum atomic E-state index is -0.501. The lowest BCUT2D eigenvalue weighted by molar-refractivity contribution is 0.0302. The summed E-state index contributed by atoms with van der Waals surface area (Å²) in [6, 6.07) is 10.4. The van der Waals surface area contributed by atoms with Crippen LogP contribution < -0.4 is 14.2 Å². The topological polar surface area (TPSA) is 54.0 Å². The highest BCUT2D eigenvalue weighted by atomic mass is 79.9. The number of benzene rings is 2. The molecule has 3 rings (SSSR count). The Bertz CT molecular complexity index is 774. The molecule has 0 radical (unpaired) electrons. The van der Waals surface area contributed by atoms with Crippen molar-refractivity contribution in [2.45, 2.75) is 17.9 Å². The van der Waals surface area contributed by atoms with E-state index < -0.39 is 12.1 Å². The standard InChI is InChI=1S/C18H16Br2O5/c1-10(19)17(13-7-15-16(8-14(13)20)24-9-23-15)25-18(21)11-3-5-12(22-2)6-4-11/h3-8,10,17H,9H2,1-2H3/t10-,17-/m1/s1. The number of alkyl halides is 1. The van der Waals surface area contributed by atoms with Gasteiger partial charge < -0.3 is 18.9 Å². The summed E-state index contributed by atoms with van der Waals surface area (Å²) in [6.45, 7) is 2.11. The molecule has 0 saturated carbocycles. The Balaban J connectivity index is 1.85.